The van der Waals surface area contributed by atoms with E-state index in [4.69, 9.17) is 18.9 Å². The van der Waals surface area contributed by atoms with Crippen LogP contribution in [0.3, 0.4) is 0 Å². The molecule has 2 heterocycles. The Morgan fingerprint density at radius 2 is 0.820 bits per heavy atom. The molecule has 4 nitrogen and oxygen atoms in total. The molecular weight excluding hydrogens is 617 g/mol. The first-order valence-electron chi connectivity index (χ1n) is 17.4. The molecule has 0 saturated heterocycles. The van der Waals surface area contributed by atoms with Crippen molar-refractivity contribution >= 4 is 22.9 Å². The fourth-order valence-electron chi connectivity index (χ4n) is 7.19. The third-order valence-corrected chi connectivity index (χ3v) is 9.41. The van der Waals surface area contributed by atoms with E-state index in [-0.39, 0.29) is 12.2 Å². The third kappa shape index (κ3) is 5.51. The van der Waals surface area contributed by atoms with Gasteiger partial charge >= 0.3 is 0 Å². The topological polar surface area (TPSA) is 36.9 Å². The van der Waals surface area contributed by atoms with E-state index in [0.717, 1.165) is 67.2 Å². The molecule has 6 aromatic carbocycles. The largest absolute Gasteiger partial charge is 0.491 e. The Labute approximate surface area is 294 Å². The van der Waals surface area contributed by atoms with Crippen LogP contribution in [0.1, 0.15) is 61.1 Å². The van der Waals surface area contributed by atoms with Crippen LogP contribution in [0.15, 0.2) is 146 Å². The summed E-state index contributed by atoms with van der Waals surface area (Å²) in [5.41, 5.74) is 4.59. The highest BCUT2D eigenvalue weighted by atomic mass is 16.5. The molecule has 2 aliphatic heterocycles. The van der Waals surface area contributed by atoms with Gasteiger partial charge in [-0.25, -0.2) is 0 Å². The normalized spacial score (nSPS) is 19.1. The zero-order chi connectivity index (χ0) is 34.3. The van der Waals surface area contributed by atoms with Crippen molar-refractivity contribution in [2.45, 2.75) is 51.1 Å². The second-order valence-corrected chi connectivity index (χ2v) is 13.5. The van der Waals surface area contributed by atoms with E-state index in [1.165, 1.54) is 0 Å². The van der Waals surface area contributed by atoms with Gasteiger partial charge in [-0.1, -0.05) is 97.1 Å². The van der Waals surface area contributed by atoms with Gasteiger partial charge in [-0.2, -0.15) is 0 Å². The highest BCUT2D eigenvalue weighted by Crippen LogP contribution is 2.49. The smallest absolute Gasteiger partial charge is 0.178 e. The van der Waals surface area contributed by atoms with E-state index in [2.05, 4.69) is 121 Å². The summed E-state index contributed by atoms with van der Waals surface area (Å²) in [5, 5.41) is 2.21. The Morgan fingerprint density at radius 3 is 1.20 bits per heavy atom. The maximum absolute atomic E-state index is 7.13. The summed E-state index contributed by atoms with van der Waals surface area (Å²) in [5.74, 6) is 3.30. The Balaban J connectivity index is 1.24. The number of benzene rings is 6. The van der Waals surface area contributed by atoms with Gasteiger partial charge in [0, 0.05) is 38.8 Å². The number of fused-ring (bicyclic) bond motifs is 5. The Hall–Kier alpha value is -5.74. The summed E-state index contributed by atoms with van der Waals surface area (Å²) in [7, 11) is 0. The predicted molar refractivity (Wildman–Crippen MR) is 202 cm³/mol. The van der Waals surface area contributed by atoms with E-state index in [1.807, 2.05) is 64.1 Å². The number of ether oxygens (including phenoxy) is 4. The molecule has 8 rings (SSSR count). The first-order valence-corrected chi connectivity index (χ1v) is 17.4. The lowest BCUT2D eigenvalue weighted by Crippen LogP contribution is -2.35. The lowest BCUT2D eigenvalue weighted by atomic mass is 9.81. The summed E-state index contributed by atoms with van der Waals surface area (Å²) in [6, 6.07) is 45.8. The fourth-order valence-corrected chi connectivity index (χ4v) is 7.19. The van der Waals surface area contributed by atoms with Crippen molar-refractivity contribution < 1.29 is 18.9 Å². The molecule has 0 saturated carbocycles. The third-order valence-electron chi connectivity index (χ3n) is 9.41. The van der Waals surface area contributed by atoms with Crippen LogP contribution in [0, 0.1) is 0 Å². The lowest BCUT2D eigenvalue weighted by Gasteiger charge is -2.38. The Morgan fingerprint density at radius 1 is 0.440 bits per heavy atom. The van der Waals surface area contributed by atoms with Gasteiger partial charge in [0.1, 0.15) is 23.0 Å². The van der Waals surface area contributed by atoms with Crippen molar-refractivity contribution in [2.24, 2.45) is 0 Å². The van der Waals surface area contributed by atoms with Crippen molar-refractivity contribution in [3.63, 3.8) is 0 Å². The monoisotopic (exact) mass is 656 g/mol. The van der Waals surface area contributed by atoms with Crippen LogP contribution >= 0.6 is 0 Å². The predicted octanol–water partition coefficient (Wildman–Crippen LogP) is 11.1. The SMILES string of the molecule is CC(C)Oc1ccc(C2(c3ccccc3)C=Cc3c(ccc4ccc5c(c34)C=CC(c3ccccc3)(c3ccc(OC(C)C)cc3)O5)O2)cc1. The van der Waals surface area contributed by atoms with Crippen molar-refractivity contribution in [2.75, 3.05) is 0 Å². The van der Waals surface area contributed by atoms with E-state index in [1.54, 1.807) is 0 Å². The van der Waals surface area contributed by atoms with Gasteiger partial charge in [-0.3, -0.25) is 0 Å². The summed E-state index contributed by atoms with van der Waals surface area (Å²) in [6.07, 6.45) is 9.00. The van der Waals surface area contributed by atoms with Crippen LogP contribution in [-0.4, -0.2) is 12.2 Å². The van der Waals surface area contributed by atoms with Crippen LogP contribution in [0.2, 0.25) is 0 Å². The molecule has 0 aliphatic carbocycles. The molecule has 2 aliphatic rings. The average molecular weight is 657 g/mol. The number of hydrogen-bond acceptors (Lipinski definition) is 4. The van der Waals surface area contributed by atoms with E-state index >= 15 is 0 Å². The van der Waals surface area contributed by atoms with Crippen molar-refractivity contribution in [3.05, 3.63) is 179 Å². The van der Waals surface area contributed by atoms with Crippen molar-refractivity contribution in [1.29, 1.82) is 0 Å². The van der Waals surface area contributed by atoms with E-state index in [9.17, 15) is 0 Å². The van der Waals surface area contributed by atoms with E-state index in [0.29, 0.717) is 0 Å². The fraction of sp³-hybridized carbons (Fsp3) is 0.174. The molecule has 50 heavy (non-hydrogen) atoms. The minimum atomic E-state index is -0.812. The summed E-state index contributed by atoms with van der Waals surface area (Å²) >= 11 is 0. The Bertz CT molecular complexity index is 2040. The molecule has 0 amide bonds. The summed E-state index contributed by atoms with van der Waals surface area (Å²) in [4.78, 5) is 0. The Kier molecular flexibility index (Phi) is 7.95. The molecular formula is C46H40O4. The van der Waals surface area contributed by atoms with Gasteiger partial charge in [0.2, 0.25) is 0 Å². The molecule has 0 N–H and O–H groups in total. The van der Waals surface area contributed by atoms with Crippen LogP contribution in [-0.2, 0) is 11.2 Å². The molecule has 4 heteroatoms. The number of hydrogen-bond donors (Lipinski definition) is 0. The molecule has 2 unspecified atom stereocenters. The zero-order valence-corrected chi connectivity index (χ0v) is 28.8. The lowest BCUT2D eigenvalue weighted by molar-refractivity contribution is 0.160. The van der Waals surface area contributed by atoms with Gasteiger partial charge in [-0.15, -0.1) is 0 Å². The summed E-state index contributed by atoms with van der Waals surface area (Å²) < 4.78 is 26.2. The first kappa shape index (κ1) is 31.5. The van der Waals surface area contributed by atoms with Crippen molar-refractivity contribution in [3.8, 4) is 23.0 Å². The standard InChI is InChI=1S/C46H40O4/c1-31(2)47-38-21-17-36(18-22-38)45(34-11-7-5-8-12-34)29-27-40-42(49-45)25-15-33-16-26-43-41(44(33)40)28-30-46(50-43,35-13-9-6-10-14-35)37-19-23-39(24-20-37)48-32(3)4/h5-32H,1-4H3. The molecule has 0 bridgehead atoms. The molecule has 0 fully saturated rings. The zero-order valence-electron chi connectivity index (χ0n) is 28.8. The molecule has 6 aromatic rings. The first-order chi connectivity index (χ1) is 24.3. The second kappa shape index (κ2) is 12.6. The maximum Gasteiger partial charge on any atom is 0.178 e. The molecule has 0 aromatic heterocycles. The highest BCUT2D eigenvalue weighted by Gasteiger charge is 2.40. The molecule has 0 radical (unpaired) electrons. The van der Waals surface area contributed by atoms with Crippen molar-refractivity contribution in [1.82, 2.24) is 0 Å². The molecule has 0 spiro atoms. The summed E-state index contributed by atoms with van der Waals surface area (Å²) in [6.45, 7) is 8.15. The maximum atomic E-state index is 7.13. The van der Waals surface area contributed by atoms with Gasteiger partial charge in [0.25, 0.3) is 0 Å². The van der Waals surface area contributed by atoms with Crippen LogP contribution in [0.4, 0.5) is 0 Å². The van der Waals surface area contributed by atoms with Crippen LogP contribution in [0.5, 0.6) is 23.0 Å². The van der Waals surface area contributed by atoms with Crippen LogP contribution < -0.4 is 18.9 Å². The average Bonchev–Trinajstić information content (AvgIpc) is 3.15. The van der Waals surface area contributed by atoms with Gasteiger partial charge in [0.05, 0.1) is 12.2 Å². The van der Waals surface area contributed by atoms with Gasteiger partial charge in [-0.05, 0) is 93.8 Å². The van der Waals surface area contributed by atoms with Gasteiger partial charge in [0.15, 0.2) is 11.2 Å². The minimum Gasteiger partial charge on any atom is -0.491 e. The number of rotatable bonds is 8. The second-order valence-electron chi connectivity index (χ2n) is 13.5. The van der Waals surface area contributed by atoms with Gasteiger partial charge < -0.3 is 18.9 Å². The quantitative estimate of drug-likeness (QED) is 0.163. The van der Waals surface area contributed by atoms with E-state index < -0.39 is 11.2 Å². The highest BCUT2D eigenvalue weighted by molar-refractivity contribution is 6.02. The minimum absolute atomic E-state index is 0.0987. The molecule has 248 valence electrons. The van der Waals surface area contributed by atoms with Crippen LogP contribution in [0.25, 0.3) is 22.9 Å². The molecule has 2 atom stereocenters.